The summed E-state index contributed by atoms with van der Waals surface area (Å²) in [5, 5.41) is 2.97. The van der Waals surface area contributed by atoms with E-state index in [1.807, 2.05) is 67.6 Å². The van der Waals surface area contributed by atoms with Crippen LogP contribution in [-0.2, 0) is 30.7 Å². The minimum Gasteiger partial charge on any atom is -0.494 e. The average Bonchev–Trinajstić information content (AvgIpc) is 3.17. The Morgan fingerprint density at radius 3 is 2.43 bits per heavy atom. The van der Waals surface area contributed by atoms with E-state index in [1.54, 1.807) is 12.1 Å². The van der Waals surface area contributed by atoms with Gasteiger partial charge >= 0.3 is 0 Å². The van der Waals surface area contributed by atoms with Crippen LogP contribution < -0.4 is 10.1 Å². The summed E-state index contributed by atoms with van der Waals surface area (Å²) < 4.78 is 42.9. The highest BCUT2D eigenvalue weighted by molar-refractivity contribution is 7.91. The van der Waals surface area contributed by atoms with Gasteiger partial charge in [0.05, 0.1) is 17.3 Å². The largest absolute Gasteiger partial charge is 0.494 e. The van der Waals surface area contributed by atoms with E-state index in [9.17, 15) is 13.2 Å². The van der Waals surface area contributed by atoms with Crippen LogP contribution in [-0.4, -0.2) is 71.1 Å². The first-order chi connectivity index (χ1) is 21.3. The summed E-state index contributed by atoms with van der Waals surface area (Å²) >= 11 is 0. The zero-order chi connectivity index (χ0) is 30.9. The van der Waals surface area contributed by atoms with Crippen LogP contribution in [0.5, 0.6) is 5.75 Å². The molecule has 0 bridgehead atoms. The quantitative estimate of drug-likeness (QED) is 0.250. The highest BCUT2D eigenvalue weighted by Gasteiger charge is 2.25. The number of benzene rings is 3. The van der Waals surface area contributed by atoms with E-state index in [0.717, 1.165) is 55.9 Å². The van der Waals surface area contributed by atoms with E-state index in [2.05, 4.69) is 17.3 Å². The Kier molecular flexibility index (Phi) is 10.9. The number of anilines is 1. The number of rotatable bonds is 12. The zero-order valence-electron chi connectivity index (χ0n) is 25.6. The number of hydrogen-bond donors (Lipinski definition) is 1. The van der Waals surface area contributed by atoms with Crippen molar-refractivity contribution in [1.29, 1.82) is 0 Å². The third-order valence-electron chi connectivity index (χ3n) is 8.16. The van der Waals surface area contributed by atoms with Crippen LogP contribution in [0.2, 0.25) is 0 Å². The SMILES string of the molecule is CCOCCCOc1ccc(-c2ccc3c(c2)C=C(C(=O)Nc2ccc(CN(C)C4CCOCC4)cc2)CCS3(=O)=O)cc1. The Morgan fingerprint density at radius 2 is 1.70 bits per heavy atom. The third-order valence-corrected chi connectivity index (χ3v) is 9.94. The molecular formula is C35H42N2O6S. The average molecular weight is 619 g/mol. The highest BCUT2D eigenvalue weighted by atomic mass is 32.2. The molecule has 234 valence electrons. The molecule has 0 aromatic heterocycles. The van der Waals surface area contributed by atoms with Crippen molar-refractivity contribution in [2.75, 3.05) is 51.2 Å². The molecule has 0 aliphatic carbocycles. The van der Waals surface area contributed by atoms with Crippen LogP contribution >= 0.6 is 0 Å². The summed E-state index contributed by atoms with van der Waals surface area (Å²) in [6, 6.07) is 21.4. The molecule has 1 amide bonds. The van der Waals surface area contributed by atoms with Gasteiger partial charge in [-0.2, -0.15) is 0 Å². The summed E-state index contributed by atoms with van der Waals surface area (Å²) in [4.78, 5) is 15.9. The molecule has 2 heterocycles. The number of sulfone groups is 1. The van der Waals surface area contributed by atoms with Crippen molar-refractivity contribution in [3.05, 3.63) is 83.4 Å². The minimum absolute atomic E-state index is 0.120. The number of carbonyl (C=O) groups is 1. The smallest absolute Gasteiger partial charge is 0.251 e. The maximum Gasteiger partial charge on any atom is 0.251 e. The second-order valence-electron chi connectivity index (χ2n) is 11.3. The predicted molar refractivity (Wildman–Crippen MR) is 174 cm³/mol. The van der Waals surface area contributed by atoms with Gasteiger partial charge in [0.15, 0.2) is 9.84 Å². The second kappa shape index (κ2) is 15.0. The molecule has 0 spiro atoms. The lowest BCUT2D eigenvalue weighted by atomic mass is 10.0. The van der Waals surface area contributed by atoms with Gasteiger partial charge in [0, 0.05) is 56.7 Å². The minimum atomic E-state index is -3.54. The second-order valence-corrected chi connectivity index (χ2v) is 13.4. The maximum absolute atomic E-state index is 13.3. The fourth-order valence-electron chi connectivity index (χ4n) is 5.60. The molecule has 0 unspecified atom stereocenters. The van der Waals surface area contributed by atoms with Crippen molar-refractivity contribution in [2.24, 2.45) is 0 Å². The van der Waals surface area contributed by atoms with Gasteiger partial charge in [-0.15, -0.1) is 0 Å². The zero-order valence-corrected chi connectivity index (χ0v) is 26.4. The fourth-order valence-corrected chi connectivity index (χ4v) is 7.06. The fraction of sp³-hybridized carbons (Fsp3) is 0.400. The first-order valence-electron chi connectivity index (χ1n) is 15.4. The molecule has 0 atom stereocenters. The molecule has 1 fully saturated rings. The lowest BCUT2D eigenvalue weighted by Crippen LogP contribution is -2.36. The first kappa shape index (κ1) is 31.9. The topological polar surface area (TPSA) is 94.2 Å². The van der Waals surface area contributed by atoms with Gasteiger partial charge in [0.1, 0.15) is 5.75 Å². The molecule has 3 aromatic rings. The van der Waals surface area contributed by atoms with Gasteiger partial charge in [0.2, 0.25) is 0 Å². The third kappa shape index (κ3) is 8.35. The number of fused-ring (bicyclic) bond motifs is 1. The summed E-state index contributed by atoms with van der Waals surface area (Å²) in [5.41, 5.74) is 4.59. The molecule has 0 radical (unpaired) electrons. The molecule has 0 saturated carbocycles. The van der Waals surface area contributed by atoms with Crippen molar-refractivity contribution in [2.45, 2.75) is 50.1 Å². The molecular weight excluding hydrogens is 576 g/mol. The van der Waals surface area contributed by atoms with Gasteiger partial charge in [-0.1, -0.05) is 30.3 Å². The van der Waals surface area contributed by atoms with E-state index in [0.29, 0.717) is 42.7 Å². The van der Waals surface area contributed by atoms with Crippen LogP contribution in [0, 0.1) is 0 Å². The van der Waals surface area contributed by atoms with Crippen molar-refractivity contribution < 1.29 is 27.4 Å². The van der Waals surface area contributed by atoms with Crippen LogP contribution in [0.1, 0.15) is 43.7 Å². The molecule has 2 aliphatic heterocycles. The first-order valence-corrected chi connectivity index (χ1v) is 17.0. The molecule has 9 heteroatoms. The number of nitrogens with zero attached hydrogens (tertiary/aromatic N) is 1. The summed E-state index contributed by atoms with van der Waals surface area (Å²) in [6.07, 6.45) is 4.75. The van der Waals surface area contributed by atoms with Crippen LogP contribution in [0.4, 0.5) is 5.69 Å². The van der Waals surface area contributed by atoms with Crippen molar-refractivity contribution in [3.63, 3.8) is 0 Å². The monoisotopic (exact) mass is 618 g/mol. The Hall–Kier alpha value is -3.50. The van der Waals surface area contributed by atoms with Gasteiger partial charge < -0.3 is 19.5 Å². The van der Waals surface area contributed by atoms with Crippen molar-refractivity contribution >= 4 is 27.5 Å². The molecule has 2 aliphatic rings. The number of carbonyl (C=O) groups excluding carboxylic acids is 1. The maximum atomic E-state index is 13.3. The van der Waals surface area contributed by atoms with E-state index >= 15 is 0 Å². The van der Waals surface area contributed by atoms with E-state index in [1.165, 1.54) is 5.56 Å². The molecule has 1 saturated heterocycles. The van der Waals surface area contributed by atoms with Gasteiger partial charge in [-0.25, -0.2) is 8.42 Å². The molecule has 1 N–H and O–H groups in total. The standard InChI is InChI=1S/C35H42N2O6S/c1-3-41-18-4-19-43-33-12-7-27(8-13-33)28-9-14-34-30(23-28)24-29(17-22-44(34,39)40)35(38)36-31-10-5-26(6-11-31)25-37(2)32-15-20-42-21-16-32/h5-14,23-24,32H,3-4,15-22,25H2,1-2H3,(H,36,38). The summed E-state index contributed by atoms with van der Waals surface area (Å²) in [5.74, 6) is 0.350. The van der Waals surface area contributed by atoms with Gasteiger partial charge in [-0.05, 0) is 98.0 Å². The molecule has 3 aromatic carbocycles. The number of ether oxygens (including phenoxy) is 3. The van der Waals surface area contributed by atoms with Crippen molar-refractivity contribution in [1.82, 2.24) is 4.90 Å². The van der Waals surface area contributed by atoms with Crippen molar-refractivity contribution in [3.8, 4) is 16.9 Å². The Morgan fingerprint density at radius 1 is 0.977 bits per heavy atom. The number of hydrogen-bond acceptors (Lipinski definition) is 7. The summed E-state index contributed by atoms with van der Waals surface area (Å²) in [6.45, 7) is 6.35. The Bertz CT molecular complexity index is 1550. The number of nitrogens with one attached hydrogen (secondary N) is 1. The summed E-state index contributed by atoms with van der Waals surface area (Å²) in [7, 11) is -1.41. The molecule has 44 heavy (non-hydrogen) atoms. The lowest BCUT2D eigenvalue weighted by Gasteiger charge is -2.31. The van der Waals surface area contributed by atoms with E-state index in [4.69, 9.17) is 14.2 Å². The Balaban J connectivity index is 1.26. The number of amides is 1. The van der Waals surface area contributed by atoms with Crippen LogP contribution in [0.25, 0.3) is 17.2 Å². The van der Waals surface area contributed by atoms with Gasteiger partial charge in [0.25, 0.3) is 5.91 Å². The molecule has 5 rings (SSSR count). The Labute approximate surface area is 260 Å². The van der Waals surface area contributed by atoms with Crippen LogP contribution in [0.3, 0.4) is 0 Å². The normalized spacial score (nSPS) is 16.6. The van der Waals surface area contributed by atoms with E-state index in [-0.39, 0.29) is 23.0 Å². The molecule has 8 nitrogen and oxygen atoms in total. The highest BCUT2D eigenvalue weighted by Crippen LogP contribution is 2.32. The van der Waals surface area contributed by atoms with Gasteiger partial charge in [-0.3, -0.25) is 9.69 Å². The van der Waals surface area contributed by atoms with Crippen LogP contribution in [0.15, 0.2) is 77.2 Å². The predicted octanol–water partition coefficient (Wildman–Crippen LogP) is 5.97. The van der Waals surface area contributed by atoms with E-state index < -0.39 is 9.84 Å². The lowest BCUT2D eigenvalue weighted by molar-refractivity contribution is -0.112.